The molecule has 0 radical (unpaired) electrons. The van der Waals surface area contributed by atoms with Crippen molar-refractivity contribution in [1.29, 1.82) is 5.26 Å². The van der Waals surface area contributed by atoms with E-state index in [1.165, 1.54) is 31.2 Å². The van der Waals surface area contributed by atoms with Gasteiger partial charge in [-0.05, 0) is 31.2 Å². The smallest absolute Gasteiger partial charge is 0.375 e. The SMILES string of the molecule is C[C@H](C#N)OC(=O)c1ccc(CS(=O)(=O)c2ccccc2)o1. The third-order valence-corrected chi connectivity index (χ3v) is 4.42. The lowest BCUT2D eigenvalue weighted by Crippen LogP contribution is -2.12. The number of sulfone groups is 1. The summed E-state index contributed by atoms with van der Waals surface area (Å²) in [5, 5.41) is 8.58. The third-order valence-electron chi connectivity index (χ3n) is 2.76. The van der Waals surface area contributed by atoms with Crippen molar-refractivity contribution in [3.63, 3.8) is 0 Å². The van der Waals surface area contributed by atoms with E-state index in [1.54, 1.807) is 24.3 Å². The molecule has 0 unspecified atom stereocenters. The molecule has 0 saturated carbocycles. The second kappa shape index (κ2) is 6.45. The highest BCUT2D eigenvalue weighted by Crippen LogP contribution is 2.18. The Kier molecular flexibility index (Phi) is 4.63. The van der Waals surface area contributed by atoms with Crippen molar-refractivity contribution in [3.05, 3.63) is 54.0 Å². The second-order valence-electron chi connectivity index (χ2n) is 4.51. The van der Waals surface area contributed by atoms with Crippen molar-refractivity contribution >= 4 is 15.8 Å². The number of hydrogen-bond acceptors (Lipinski definition) is 6. The van der Waals surface area contributed by atoms with Crippen LogP contribution in [0.5, 0.6) is 0 Å². The number of nitrogens with zero attached hydrogens (tertiary/aromatic N) is 1. The maximum absolute atomic E-state index is 12.2. The largest absolute Gasteiger partial charge is 0.453 e. The summed E-state index contributed by atoms with van der Waals surface area (Å²) < 4.78 is 34.3. The summed E-state index contributed by atoms with van der Waals surface area (Å²) >= 11 is 0. The number of benzene rings is 1. The summed E-state index contributed by atoms with van der Waals surface area (Å²) in [5.74, 6) is -1.18. The fourth-order valence-electron chi connectivity index (χ4n) is 1.71. The van der Waals surface area contributed by atoms with Crippen LogP contribution in [-0.4, -0.2) is 20.5 Å². The number of carbonyl (C=O) groups excluding carboxylic acids is 1. The van der Waals surface area contributed by atoms with E-state index in [9.17, 15) is 13.2 Å². The first kappa shape index (κ1) is 15.8. The van der Waals surface area contributed by atoms with Gasteiger partial charge in [-0.15, -0.1) is 0 Å². The minimum absolute atomic E-state index is 0.125. The average molecular weight is 319 g/mol. The highest BCUT2D eigenvalue weighted by Gasteiger charge is 2.20. The number of esters is 1. The van der Waals surface area contributed by atoms with Crippen LogP contribution in [0.2, 0.25) is 0 Å². The van der Waals surface area contributed by atoms with Gasteiger partial charge >= 0.3 is 5.97 Å². The van der Waals surface area contributed by atoms with Gasteiger partial charge in [-0.2, -0.15) is 5.26 Å². The van der Waals surface area contributed by atoms with E-state index < -0.39 is 21.9 Å². The Hall–Kier alpha value is -2.59. The second-order valence-corrected chi connectivity index (χ2v) is 6.50. The first-order valence-electron chi connectivity index (χ1n) is 6.39. The van der Waals surface area contributed by atoms with Gasteiger partial charge in [-0.1, -0.05) is 18.2 Å². The predicted octanol–water partition coefficient (Wildman–Crippen LogP) is 2.32. The number of nitriles is 1. The van der Waals surface area contributed by atoms with Gasteiger partial charge in [0.1, 0.15) is 17.6 Å². The van der Waals surface area contributed by atoms with Crippen LogP contribution in [0.25, 0.3) is 0 Å². The van der Waals surface area contributed by atoms with E-state index in [0.717, 1.165) is 0 Å². The zero-order valence-electron chi connectivity index (χ0n) is 11.7. The lowest BCUT2D eigenvalue weighted by molar-refractivity contribution is 0.0397. The molecule has 0 aliphatic rings. The summed E-state index contributed by atoms with van der Waals surface area (Å²) in [6.45, 7) is 1.42. The van der Waals surface area contributed by atoms with Crippen LogP contribution in [-0.2, 0) is 20.3 Å². The number of furan rings is 1. The van der Waals surface area contributed by atoms with E-state index in [0.29, 0.717) is 0 Å². The zero-order valence-corrected chi connectivity index (χ0v) is 12.5. The Morgan fingerprint density at radius 2 is 1.95 bits per heavy atom. The van der Waals surface area contributed by atoms with Crippen LogP contribution >= 0.6 is 0 Å². The van der Waals surface area contributed by atoms with Gasteiger partial charge in [0, 0.05) is 0 Å². The fraction of sp³-hybridized carbons (Fsp3) is 0.200. The van der Waals surface area contributed by atoms with Crippen molar-refractivity contribution in [2.45, 2.75) is 23.7 Å². The van der Waals surface area contributed by atoms with Crippen molar-refractivity contribution in [2.75, 3.05) is 0 Å². The lowest BCUT2D eigenvalue weighted by atomic mass is 10.4. The predicted molar refractivity (Wildman–Crippen MR) is 76.5 cm³/mol. The van der Waals surface area contributed by atoms with Gasteiger partial charge in [0.25, 0.3) is 0 Å². The Morgan fingerprint density at radius 3 is 2.59 bits per heavy atom. The third kappa shape index (κ3) is 3.74. The van der Waals surface area contributed by atoms with Crippen molar-refractivity contribution in [2.24, 2.45) is 0 Å². The van der Waals surface area contributed by atoms with Gasteiger partial charge in [0.15, 0.2) is 15.9 Å². The molecule has 7 heteroatoms. The Labute approximate surface area is 127 Å². The molecular formula is C15H13NO5S. The van der Waals surface area contributed by atoms with Crippen LogP contribution in [0.1, 0.15) is 23.2 Å². The summed E-state index contributed by atoms with van der Waals surface area (Å²) in [4.78, 5) is 11.8. The minimum Gasteiger partial charge on any atom is -0.453 e. The molecule has 6 nitrogen and oxygen atoms in total. The normalized spacial score (nSPS) is 12.4. The van der Waals surface area contributed by atoms with E-state index in [4.69, 9.17) is 14.4 Å². The van der Waals surface area contributed by atoms with Crippen LogP contribution in [0.3, 0.4) is 0 Å². The summed E-state index contributed by atoms with van der Waals surface area (Å²) in [6, 6.07) is 12.4. The number of carbonyl (C=O) groups is 1. The van der Waals surface area contributed by atoms with Crippen LogP contribution in [0.15, 0.2) is 51.8 Å². The molecule has 1 aromatic heterocycles. The molecule has 1 heterocycles. The molecule has 0 aliphatic carbocycles. The zero-order chi connectivity index (χ0) is 16.2. The first-order chi connectivity index (χ1) is 10.4. The molecule has 0 spiro atoms. The molecular weight excluding hydrogens is 306 g/mol. The lowest BCUT2D eigenvalue weighted by Gasteiger charge is -2.03. The molecule has 1 atom stereocenters. The van der Waals surface area contributed by atoms with Crippen LogP contribution in [0, 0.1) is 11.3 Å². The molecule has 22 heavy (non-hydrogen) atoms. The van der Waals surface area contributed by atoms with Gasteiger partial charge in [0.05, 0.1) is 4.90 Å². The Balaban J connectivity index is 2.13. The van der Waals surface area contributed by atoms with Gasteiger partial charge in [-0.3, -0.25) is 0 Å². The van der Waals surface area contributed by atoms with E-state index in [2.05, 4.69) is 0 Å². The summed E-state index contributed by atoms with van der Waals surface area (Å²) in [5.41, 5.74) is 0. The number of ether oxygens (including phenoxy) is 1. The fourth-order valence-corrected chi connectivity index (χ4v) is 2.98. The van der Waals surface area contributed by atoms with Gasteiger partial charge in [0.2, 0.25) is 5.76 Å². The van der Waals surface area contributed by atoms with Crippen LogP contribution < -0.4 is 0 Å². The Bertz CT molecular complexity index is 802. The maximum Gasteiger partial charge on any atom is 0.375 e. The van der Waals surface area contributed by atoms with Gasteiger partial charge in [-0.25, -0.2) is 13.2 Å². The monoisotopic (exact) mass is 319 g/mol. The van der Waals surface area contributed by atoms with Crippen molar-refractivity contribution in [3.8, 4) is 6.07 Å². The van der Waals surface area contributed by atoms with Crippen molar-refractivity contribution in [1.82, 2.24) is 0 Å². The standard InChI is InChI=1S/C15H13NO5S/c1-11(9-16)20-15(17)14-8-7-12(21-14)10-22(18,19)13-5-3-2-4-6-13/h2-8,11H,10H2,1H3/t11-/m1/s1. The molecule has 0 amide bonds. The maximum atomic E-state index is 12.2. The van der Waals surface area contributed by atoms with Crippen LogP contribution in [0.4, 0.5) is 0 Å². The highest BCUT2D eigenvalue weighted by molar-refractivity contribution is 7.90. The Morgan fingerprint density at radius 1 is 1.27 bits per heavy atom. The molecule has 114 valence electrons. The first-order valence-corrected chi connectivity index (χ1v) is 8.05. The van der Waals surface area contributed by atoms with Gasteiger partial charge < -0.3 is 9.15 Å². The van der Waals surface area contributed by atoms with Crippen molar-refractivity contribution < 1.29 is 22.4 Å². The molecule has 0 saturated heterocycles. The molecule has 0 bridgehead atoms. The number of rotatable bonds is 5. The molecule has 0 aliphatic heterocycles. The average Bonchev–Trinajstić information content (AvgIpc) is 2.96. The summed E-state index contributed by atoms with van der Waals surface area (Å²) in [7, 11) is -3.55. The highest BCUT2D eigenvalue weighted by atomic mass is 32.2. The number of hydrogen-bond donors (Lipinski definition) is 0. The molecule has 1 aromatic carbocycles. The van der Waals surface area contributed by atoms with E-state index in [-0.39, 0.29) is 22.2 Å². The van der Waals surface area contributed by atoms with E-state index >= 15 is 0 Å². The minimum atomic E-state index is -3.55. The summed E-state index contributed by atoms with van der Waals surface area (Å²) in [6.07, 6.45) is -0.908. The molecule has 2 aromatic rings. The molecule has 0 N–H and O–H groups in total. The molecule has 0 fully saturated rings. The quantitative estimate of drug-likeness (QED) is 0.784. The van der Waals surface area contributed by atoms with E-state index in [1.807, 2.05) is 0 Å². The topological polar surface area (TPSA) is 97.4 Å². The molecule has 2 rings (SSSR count).